The first kappa shape index (κ1) is 13.6. The maximum absolute atomic E-state index is 11.0. The molecule has 106 valence electrons. The molecule has 0 fully saturated rings. The van der Waals surface area contributed by atoms with E-state index >= 15 is 0 Å². The van der Waals surface area contributed by atoms with E-state index in [9.17, 15) is 9.90 Å². The summed E-state index contributed by atoms with van der Waals surface area (Å²) in [4.78, 5) is 18.6. The Morgan fingerprint density at radius 1 is 1.14 bits per heavy atom. The number of nitrogens with zero attached hydrogens (tertiary/aromatic N) is 2. The fourth-order valence-corrected chi connectivity index (χ4v) is 2.34. The summed E-state index contributed by atoms with van der Waals surface area (Å²) in [5.74, 6) is -1.25. The lowest BCUT2D eigenvalue weighted by molar-refractivity contribution is 0.0694. The Morgan fingerprint density at radius 3 is 2.59 bits per heavy atom. The van der Waals surface area contributed by atoms with Gasteiger partial charge >= 0.3 is 5.97 Å². The number of aromatic nitrogens is 1. The summed E-state index contributed by atoms with van der Waals surface area (Å²) in [5.41, 5.74) is 1.87. The van der Waals surface area contributed by atoms with Crippen LogP contribution in [0.1, 0.15) is 10.4 Å². The lowest BCUT2D eigenvalue weighted by atomic mass is 9.99. The second kappa shape index (κ2) is 5.19. The molecule has 0 amide bonds. The molecule has 0 bridgehead atoms. The van der Waals surface area contributed by atoms with Gasteiger partial charge in [-0.05, 0) is 35.4 Å². The second-order valence-electron chi connectivity index (χ2n) is 4.69. The Kier molecular flexibility index (Phi) is 3.20. The standard InChI is InChI=1S/C17H10N2O3/c1-18-16-9-13(11-4-2-3-5-14(11)19-16)10-6-7-12(17(21)22)15(20)8-10/h2-9,20H,(H,21,22). The number of carboxylic acid groups (broad SMARTS) is 1. The van der Waals surface area contributed by atoms with Crippen LogP contribution in [0.2, 0.25) is 0 Å². The molecule has 0 aliphatic carbocycles. The molecule has 0 aliphatic rings. The van der Waals surface area contributed by atoms with Crippen LogP contribution >= 0.6 is 0 Å². The Morgan fingerprint density at radius 2 is 1.91 bits per heavy atom. The van der Waals surface area contributed by atoms with Gasteiger partial charge in [-0.15, -0.1) is 4.98 Å². The molecule has 5 heteroatoms. The normalized spacial score (nSPS) is 10.3. The van der Waals surface area contributed by atoms with Crippen LogP contribution in [0.25, 0.3) is 26.9 Å². The largest absolute Gasteiger partial charge is 0.507 e. The molecule has 0 unspecified atom stereocenters. The molecule has 0 aliphatic heterocycles. The van der Waals surface area contributed by atoms with E-state index in [0.29, 0.717) is 11.1 Å². The van der Waals surface area contributed by atoms with E-state index in [4.69, 9.17) is 11.7 Å². The molecule has 1 heterocycles. The molecule has 0 radical (unpaired) electrons. The van der Waals surface area contributed by atoms with Gasteiger partial charge in [0.15, 0.2) is 5.52 Å². The molecule has 3 aromatic rings. The molecule has 0 atom stereocenters. The average molecular weight is 290 g/mol. The third kappa shape index (κ3) is 2.23. The van der Waals surface area contributed by atoms with Crippen LogP contribution in [-0.2, 0) is 0 Å². The van der Waals surface area contributed by atoms with Crippen molar-refractivity contribution in [2.45, 2.75) is 0 Å². The number of carbonyl (C=O) groups is 1. The van der Waals surface area contributed by atoms with Crippen LogP contribution in [-0.4, -0.2) is 21.2 Å². The SMILES string of the molecule is [C-]#[N+]c1cc(-c2ccc(C(=O)O)c(O)c2)c2ccccc2n1. The Balaban J connectivity index is 2.28. The molecule has 1 aromatic heterocycles. The Bertz CT molecular complexity index is 942. The zero-order valence-corrected chi connectivity index (χ0v) is 11.3. The fourth-order valence-electron chi connectivity index (χ4n) is 2.34. The lowest BCUT2D eigenvalue weighted by Gasteiger charge is -2.08. The van der Waals surface area contributed by atoms with Crippen molar-refractivity contribution < 1.29 is 15.0 Å². The molecule has 2 N–H and O–H groups in total. The zero-order valence-electron chi connectivity index (χ0n) is 11.3. The lowest BCUT2D eigenvalue weighted by Crippen LogP contribution is -1.96. The molecule has 5 nitrogen and oxygen atoms in total. The van der Waals surface area contributed by atoms with Gasteiger partial charge in [-0.1, -0.05) is 30.8 Å². The van der Waals surface area contributed by atoms with Gasteiger partial charge in [-0.3, -0.25) is 0 Å². The summed E-state index contributed by atoms with van der Waals surface area (Å²) in [6, 6.07) is 13.3. The molecule has 3 rings (SSSR count). The van der Waals surface area contributed by atoms with Crippen LogP contribution in [0.5, 0.6) is 5.75 Å². The topological polar surface area (TPSA) is 74.8 Å². The first-order chi connectivity index (χ1) is 10.6. The maximum Gasteiger partial charge on any atom is 0.339 e. The number of carboxylic acids is 1. The number of aromatic hydroxyl groups is 1. The van der Waals surface area contributed by atoms with Gasteiger partial charge in [-0.2, -0.15) is 0 Å². The van der Waals surface area contributed by atoms with Gasteiger partial charge in [0.2, 0.25) is 0 Å². The zero-order chi connectivity index (χ0) is 15.7. The van der Waals surface area contributed by atoms with Gasteiger partial charge < -0.3 is 15.1 Å². The predicted molar refractivity (Wildman–Crippen MR) is 82.1 cm³/mol. The minimum atomic E-state index is -1.19. The highest BCUT2D eigenvalue weighted by atomic mass is 16.4. The van der Waals surface area contributed by atoms with Crippen molar-refractivity contribution in [3.63, 3.8) is 0 Å². The molecule has 0 spiro atoms. The number of pyridine rings is 1. The van der Waals surface area contributed by atoms with E-state index in [1.54, 1.807) is 18.2 Å². The summed E-state index contributed by atoms with van der Waals surface area (Å²) >= 11 is 0. The quantitative estimate of drug-likeness (QED) is 0.703. The summed E-state index contributed by atoms with van der Waals surface area (Å²) in [7, 11) is 0. The minimum Gasteiger partial charge on any atom is -0.507 e. The molecular weight excluding hydrogens is 280 g/mol. The number of para-hydroxylation sites is 1. The number of fused-ring (bicyclic) bond motifs is 1. The van der Waals surface area contributed by atoms with Gasteiger partial charge in [-0.25, -0.2) is 4.79 Å². The minimum absolute atomic E-state index is 0.160. The third-order valence-electron chi connectivity index (χ3n) is 3.36. The number of aromatic carboxylic acids is 1. The van der Waals surface area contributed by atoms with Crippen molar-refractivity contribution in [2.24, 2.45) is 0 Å². The van der Waals surface area contributed by atoms with Gasteiger partial charge in [0, 0.05) is 5.39 Å². The van der Waals surface area contributed by atoms with Gasteiger partial charge in [0.25, 0.3) is 5.82 Å². The van der Waals surface area contributed by atoms with Crippen molar-refractivity contribution in [1.29, 1.82) is 0 Å². The van der Waals surface area contributed by atoms with Crippen LogP contribution in [0.4, 0.5) is 5.82 Å². The van der Waals surface area contributed by atoms with Gasteiger partial charge in [0.05, 0.1) is 0 Å². The van der Waals surface area contributed by atoms with Crippen molar-refractivity contribution in [3.8, 4) is 16.9 Å². The van der Waals surface area contributed by atoms with Crippen LogP contribution in [0, 0.1) is 6.57 Å². The number of rotatable bonds is 2. The highest BCUT2D eigenvalue weighted by Crippen LogP contribution is 2.33. The second-order valence-corrected chi connectivity index (χ2v) is 4.69. The van der Waals surface area contributed by atoms with Crippen LogP contribution < -0.4 is 0 Å². The average Bonchev–Trinajstić information content (AvgIpc) is 2.53. The maximum atomic E-state index is 11.0. The molecular formula is C17H10N2O3. The summed E-state index contributed by atoms with van der Waals surface area (Å²) in [5, 5.41) is 19.7. The first-order valence-electron chi connectivity index (χ1n) is 6.44. The Labute approximate surface area is 125 Å². The molecule has 2 aromatic carbocycles. The molecule has 0 saturated carbocycles. The van der Waals surface area contributed by atoms with Crippen LogP contribution in [0.3, 0.4) is 0 Å². The van der Waals surface area contributed by atoms with Crippen molar-refractivity contribution in [2.75, 3.05) is 0 Å². The number of phenols is 1. The monoisotopic (exact) mass is 290 g/mol. The highest BCUT2D eigenvalue weighted by molar-refractivity contribution is 5.98. The highest BCUT2D eigenvalue weighted by Gasteiger charge is 2.13. The number of hydrogen-bond acceptors (Lipinski definition) is 3. The van der Waals surface area contributed by atoms with Crippen molar-refractivity contribution in [3.05, 3.63) is 65.5 Å². The first-order valence-corrected chi connectivity index (χ1v) is 6.44. The van der Waals surface area contributed by atoms with E-state index in [1.165, 1.54) is 12.1 Å². The third-order valence-corrected chi connectivity index (χ3v) is 3.36. The van der Waals surface area contributed by atoms with E-state index in [1.807, 2.05) is 18.2 Å². The predicted octanol–water partition coefficient (Wildman–Crippen LogP) is 3.86. The summed E-state index contributed by atoms with van der Waals surface area (Å²) in [6.45, 7) is 7.15. The molecule has 0 saturated heterocycles. The van der Waals surface area contributed by atoms with E-state index in [-0.39, 0.29) is 17.1 Å². The fraction of sp³-hybridized carbons (Fsp3) is 0. The van der Waals surface area contributed by atoms with Crippen LogP contribution in [0.15, 0.2) is 48.5 Å². The van der Waals surface area contributed by atoms with E-state index in [0.717, 1.165) is 10.9 Å². The Hall–Kier alpha value is -3.39. The summed E-state index contributed by atoms with van der Waals surface area (Å²) in [6.07, 6.45) is 0. The molecule has 22 heavy (non-hydrogen) atoms. The van der Waals surface area contributed by atoms with Crippen molar-refractivity contribution >= 4 is 22.7 Å². The van der Waals surface area contributed by atoms with Crippen molar-refractivity contribution in [1.82, 2.24) is 4.98 Å². The van der Waals surface area contributed by atoms with E-state index < -0.39 is 5.97 Å². The number of hydrogen-bond donors (Lipinski definition) is 2. The smallest absolute Gasteiger partial charge is 0.339 e. The van der Waals surface area contributed by atoms with Gasteiger partial charge in [0.1, 0.15) is 11.3 Å². The number of benzene rings is 2. The summed E-state index contributed by atoms with van der Waals surface area (Å²) < 4.78 is 0. The van der Waals surface area contributed by atoms with E-state index in [2.05, 4.69) is 9.83 Å².